The van der Waals surface area contributed by atoms with Crippen molar-refractivity contribution in [1.82, 2.24) is 9.47 Å². The van der Waals surface area contributed by atoms with Gasteiger partial charge in [0.25, 0.3) is 0 Å². The lowest BCUT2D eigenvalue weighted by molar-refractivity contribution is -0.0838. The van der Waals surface area contributed by atoms with Gasteiger partial charge in [-0.15, -0.1) is 0 Å². The van der Waals surface area contributed by atoms with E-state index in [2.05, 4.69) is 54.6 Å². The Labute approximate surface area is 164 Å². The minimum atomic E-state index is -0.105. The Morgan fingerprint density at radius 1 is 1.15 bits per heavy atom. The van der Waals surface area contributed by atoms with Crippen LogP contribution >= 0.6 is 0 Å². The molecule has 2 aliphatic heterocycles. The fraction of sp³-hybridized carbons (Fsp3) is 0.667. The summed E-state index contributed by atoms with van der Waals surface area (Å²) in [5.41, 5.74) is 4.58. The van der Waals surface area contributed by atoms with Crippen LogP contribution in [0.2, 0.25) is 0 Å². The van der Waals surface area contributed by atoms with Crippen molar-refractivity contribution in [2.24, 2.45) is 24.8 Å². The molecule has 3 heterocycles. The number of fused-ring (bicyclic) bond motifs is 6. The number of hydrogen-bond acceptors (Lipinski definition) is 2. The molecule has 3 unspecified atom stereocenters. The molecule has 2 aromatic rings. The SMILES string of the molecule is CC.C[C@H]1C(O)CCC2CN3CCc4c(n(C)c5ccccc45)[C@]3(C)CC21. The molecule has 1 saturated carbocycles. The van der Waals surface area contributed by atoms with E-state index in [1.807, 2.05) is 13.8 Å². The van der Waals surface area contributed by atoms with E-state index in [0.29, 0.717) is 11.8 Å². The average Bonchev–Trinajstić information content (AvgIpc) is 2.99. The molecular formula is C24H36N2O. The molecule has 1 aromatic heterocycles. The first-order valence-electron chi connectivity index (χ1n) is 11.0. The zero-order chi connectivity index (χ0) is 19.3. The zero-order valence-corrected chi connectivity index (χ0v) is 17.7. The molecule has 2 fully saturated rings. The van der Waals surface area contributed by atoms with E-state index in [9.17, 15) is 5.11 Å². The van der Waals surface area contributed by atoms with Crippen molar-refractivity contribution >= 4 is 10.9 Å². The molecule has 1 N–H and O–H groups in total. The lowest BCUT2D eigenvalue weighted by Gasteiger charge is -2.56. The van der Waals surface area contributed by atoms with Crippen LogP contribution in [0, 0.1) is 17.8 Å². The van der Waals surface area contributed by atoms with Crippen LogP contribution in [0.15, 0.2) is 24.3 Å². The summed E-state index contributed by atoms with van der Waals surface area (Å²) in [6, 6.07) is 8.89. The molecule has 0 bridgehead atoms. The summed E-state index contributed by atoms with van der Waals surface area (Å²) in [4.78, 5) is 2.76. The van der Waals surface area contributed by atoms with Gasteiger partial charge in [-0.05, 0) is 62.0 Å². The van der Waals surface area contributed by atoms with Gasteiger partial charge >= 0.3 is 0 Å². The van der Waals surface area contributed by atoms with Crippen LogP contribution in [0.25, 0.3) is 10.9 Å². The maximum Gasteiger partial charge on any atom is 0.0591 e. The first-order chi connectivity index (χ1) is 13.0. The maximum atomic E-state index is 10.4. The van der Waals surface area contributed by atoms with Crippen LogP contribution in [-0.4, -0.2) is 33.8 Å². The molecule has 1 saturated heterocycles. The Morgan fingerprint density at radius 2 is 1.89 bits per heavy atom. The number of aliphatic hydroxyl groups is 1. The molecule has 1 aromatic carbocycles. The number of aliphatic hydroxyl groups excluding tert-OH is 1. The second-order valence-electron chi connectivity index (χ2n) is 9.01. The highest BCUT2D eigenvalue weighted by molar-refractivity contribution is 5.86. The fourth-order valence-electron chi connectivity index (χ4n) is 6.47. The molecule has 0 spiro atoms. The first kappa shape index (κ1) is 19.0. The van der Waals surface area contributed by atoms with Crippen LogP contribution in [0.4, 0.5) is 0 Å². The molecule has 3 aliphatic rings. The van der Waals surface area contributed by atoms with Crippen molar-refractivity contribution in [2.75, 3.05) is 13.1 Å². The van der Waals surface area contributed by atoms with Crippen LogP contribution in [0.5, 0.6) is 0 Å². The van der Waals surface area contributed by atoms with Crippen molar-refractivity contribution < 1.29 is 5.11 Å². The van der Waals surface area contributed by atoms with E-state index in [4.69, 9.17) is 0 Å². The largest absolute Gasteiger partial charge is 0.393 e. The second kappa shape index (κ2) is 6.93. The number of para-hydroxylation sites is 1. The highest BCUT2D eigenvalue weighted by atomic mass is 16.3. The Bertz CT molecular complexity index is 825. The molecule has 3 heteroatoms. The number of aromatic nitrogens is 1. The number of piperidine rings is 1. The minimum Gasteiger partial charge on any atom is -0.393 e. The van der Waals surface area contributed by atoms with Gasteiger partial charge in [0.05, 0.1) is 11.6 Å². The molecular weight excluding hydrogens is 332 g/mol. The van der Waals surface area contributed by atoms with Crippen LogP contribution in [0.1, 0.15) is 58.2 Å². The summed E-state index contributed by atoms with van der Waals surface area (Å²) in [5.74, 6) is 1.84. The summed E-state index contributed by atoms with van der Waals surface area (Å²) in [5, 5.41) is 11.9. The van der Waals surface area contributed by atoms with Crippen molar-refractivity contribution in [2.45, 2.75) is 65.0 Å². The van der Waals surface area contributed by atoms with Crippen molar-refractivity contribution in [3.05, 3.63) is 35.5 Å². The molecule has 5 atom stereocenters. The van der Waals surface area contributed by atoms with Crippen molar-refractivity contribution in [1.29, 1.82) is 0 Å². The lowest BCUT2D eigenvalue weighted by Crippen LogP contribution is -2.59. The van der Waals surface area contributed by atoms with E-state index >= 15 is 0 Å². The van der Waals surface area contributed by atoms with Crippen LogP contribution in [0.3, 0.4) is 0 Å². The Morgan fingerprint density at radius 3 is 2.67 bits per heavy atom. The molecule has 0 amide bonds. The summed E-state index contributed by atoms with van der Waals surface area (Å²) in [6.07, 6.45) is 4.44. The molecule has 1 aliphatic carbocycles. The molecule has 5 rings (SSSR count). The summed E-state index contributed by atoms with van der Waals surface area (Å²) in [7, 11) is 2.25. The monoisotopic (exact) mass is 368 g/mol. The zero-order valence-electron chi connectivity index (χ0n) is 17.7. The summed E-state index contributed by atoms with van der Waals surface area (Å²) < 4.78 is 2.46. The number of benzene rings is 1. The lowest BCUT2D eigenvalue weighted by atomic mass is 9.62. The molecule has 148 valence electrons. The number of aryl methyl sites for hydroxylation is 1. The third kappa shape index (κ3) is 2.69. The highest BCUT2D eigenvalue weighted by Gasteiger charge is 2.51. The standard InChI is InChI=1S/C22H30N2O.C2H6/c1-14-18-12-22(2)21-17(16-6-4-5-7-19(16)23(21)3)10-11-24(22)13-15(18)8-9-20(14)25;1-2/h4-7,14-15,18,20,25H,8-13H2,1-3H3;1-2H3/t14-,15?,18?,20?,22+;/m1./s1. The van der Waals surface area contributed by atoms with Crippen LogP contribution in [-0.2, 0) is 19.0 Å². The van der Waals surface area contributed by atoms with E-state index in [1.54, 1.807) is 5.56 Å². The van der Waals surface area contributed by atoms with Gasteiger partial charge in [-0.2, -0.15) is 0 Å². The summed E-state index contributed by atoms with van der Waals surface area (Å²) >= 11 is 0. The van der Waals surface area contributed by atoms with E-state index < -0.39 is 0 Å². The second-order valence-corrected chi connectivity index (χ2v) is 9.01. The highest BCUT2D eigenvalue weighted by Crippen LogP contribution is 2.52. The van der Waals surface area contributed by atoms with Gasteiger partial charge < -0.3 is 9.67 Å². The van der Waals surface area contributed by atoms with Gasteiger partial charge in [0.1, 0.15) is 0 Å². The van der Waals surface area contributed by atoms with E-state index in [1.165, 1.54) is 48.9 Å². The number of hydrogen-bond donors (Lipinski definition) is 1. The normalized spacial score (nSPS) is 35.6. The van der Waals surface area contributed by atoms with Gasteiger partial charge in [-0.1, -0.05) is 39.0 Å². The minimum absolute atomic E-state index is 0.105. The van der Waals surface area contributed by atoms with Crippen LogP contribution < -0.4 is 0 Å². The first-order valence-corrected chi connectivity index (χ1v) is 11.0. The van der Waals surface area contributed by atoms with E-state index in [-0.39, 0.29) is 11.6 Å². The van der Waals surface area contributed by atoms with Crippen molar-refractivity contribution in [3.8, 4) is 0 Å². The predicted molar refractivity (Wildman–Crippen MR) is 113 cm³/mol. The number of nitrogens with zero attached hydrogens (tertiary/aromatic N) is 2. The smallest absolute Gasteiger partial charge is 0.0591 e. The predicted octanol–water partition coefficient (Wildman–Crippen LogP) is 4.70. The Balaban J connectivity index is 0.000000872. The summed E-state index contributed by atoms with van der Waals surface area (Å²) in [6.45, 7) is 11.1. The van der Waals surface area contributed by atoms with E-state index in [0.717, 1.165) is 12.3 Å². The third-order valence-electron chi connectivity index (χ3n) is 7.86. The molecule has 3 nitrogen and oxygen atoms in total. The van der Waals surface area contributed by atoms with Gasteiger partial charge in [-0.25, -0.2) is 0 Å². The van der Waals surface area contributed by atoms with Crippen molar-refractivity contribution in [3.63, 3.8) is 0 Å². The Kier molecular flexibility index (Phi) is 4.88. The number of rotatable bonds is 0. The average molecular weight is 369 g/mol. The third-order valence-corrected chi connectivity index (χ3v) is 7.86. The maximum absolute atomic E-state index is 10.4. The van der Waals surface area contributed by atoms with Gasteiger partial charge in [-0.3, -0.25) is 4.90 Å². The Hall–Kier alpha value is -1.32. The van der Waals surface area contributed by atoms with Gasteiger partial charge in [0.15, 0.2) is 0 Å². The molecule has 0 radical (unpaired) electrons. The quantitative estimate of drug-likeness (QED) is 0.730. The fourth-order valence-corrected chi connectivity index (χ4v) is 6.47. The molecule has 27 heavy (non-hydrogen) atoms. The topological polar surface area (TPSA) is 28.4 Å². The van der Waals surface area contributed by atoms with Gasteiger partial charge in [0, 0.05) is 36.7 Å². The van der Waals surface area contributed by atoms with Gasteiger partial charge in [0.2, 0.25) is 0 Å².